The Balaban J connectivity index is 2.25. The molecule has 2 heterocycles. The van der Waals surface area contributed by atoms with Gasteiger partial charge in [0.15, 0.2) is 11.5 Å². The first-order valence-electron chi connectivity index (χ1n) is 7.00. The summed E-state index contributed by atoms with van der Waals surface area (Å²) in [5.41, 5.74) is 2.36. The molecule has 0 aliphatic rings. The molecule has 0 amide bonds. The predicted octanol–water partition coefficient (Wildman–Crippen LogP) is 4.42. The zero-order valence-corrected chi connectivity index (χ0v) is 15.4. The van der Waals surface area contributed by atoms with Crippen molar-refractivity contribution in [2.45, 2.75) is 0 Å². The second-order valence-corrected chi connectivity index (χ2v) is 7.26. The highest BCUT2D eigenvalue weighted by molar-refractivity contribution is 6.46. The lowest BCUT2D eigenvalue weighted by Gasteiger charge is -2.23. The van der Waals surface area contributed by atoms with E-state index in [-0.39, 0.29) is 20.8 Å². The van der Waals surface area contributed by atoms with Gasteiger partial charge in [-0.2, -0.15) is 5.26 Å². The molecule has 0 saturated heterocycles. The van der Waals surface area contributed by atoms with E-state index in [4.69, 9.17) is 34.8 Å². The van der Waals surface area contributed by atoms with Gasteiger partial charge < -0.3 is 0 Å². The van der Waals surface area contributed by atoms with Crippen molar-refractivity contribution in [3.05, 3.63) is 45.0 Å². The number of nitriles is 1. The van der Waals surface area contributed by atoms with E-state index >= 15 is 0 Å². The van der Waals surface area contributed by atoms with Crippen LogP contribution in [0, 0.1) is 11.3 Å². The number of fused-ring (bicyclic) bond motifs is 1. The van der Waals surface area contributed by atoms with Gasteiger partial charge in [0.25, 0.3) is 0 Å². The summed E-state index contributed by atoms with van der Waals surface area (Å²) in [7, 11) is 6.25. The molecule has 0 aliphatic carbocycles. The number of quaternary nitrogens is 1. The SMILES string of the molecule is C[N+](C)(C)c1ccc(-c2nnc3c(Cl)c(Cl)c(C#N)c(Cl)n23)cc1. The normalized spacial score (nSPS) is 11.7. The maximum atomic E-state index is 9.27. The Labute approximate surface area is 154 Å². The number of aromatic nitrogens is 3. The maximum absolute atomic E-state index is 9.27. The summed E-state index contributed by atoms with van der Waals surface area (Å²) < 4.78 is 2.23. The molecule has 0 atom stereocenters. The minimum Gasteiger partial charge on any atom is -0.298 e. The second kappa shape index (κ2) is 5.91. The van der Waals surface area contributed by atoms with E-state index in [1.807, 2.05) is 30.3 Å². The summed E-state index contributed by atoms with van der Waals surface area (Å²) in [6.45, 7) is 0. The molecular formula is C16H13Cl3N5+. The van der Waals surface area contributed by atoms with Crippen LogP contribution in [-0.4, -0.2) is 35.7 Å². The van der Waals surface area contributed by atoms with E-state index in [9.17, 15) is 5.26 Å². The molecule has 2 aromatic heterocycles. The third-order valence-corrected chi connectivity index (χ3v) is 4.88. The topological polar surface area (TPSA) is 54.0 Å². The summed E-state index contributed by atoms with van der Waals surface area (Å²) in [5.74, 6) is 0.498. The molecule has 0 N–H and O–H groups in total. The van der Waals surface area contributed by atoms with E-state index < -0.39 is 0 Å². The smallest absolute Gasteiger partial charge is 0.182 e. The van der Waals surface area contributed by atoms with Crippen molar-refractivity contribution >= 4 is 46.1 Å². The van der Waals surface area contributed by atoms with Gasteiger partial charge >= 0.3 is 0 Å². The molecular weight excluding hydrogens is 369 g/mol. The van der Waals surface area contributed by atoms with Crippen LogP contribution in [0.3, 0.4) is 0 Å². The first-order chi connectivity index (χ1) is 11.3. The zero-order chi connectivity index (χ0) is 17.6. The number of benzene rings is 1. The van der Waals surface area contributed by atoms with Crippen molar-refractivity contribution in [2.75, 3.05) is 21.1 Å². The van der Waals surface area contributed by atoms with Gasteiger partial charge in [0.1, 0.15) is 27.5 Å². The summed E-state index contributed by atoms with van der Waals surface area (Å²) in [6, 6.07) is 9.84. The number of hydrogen-bond acceptors (Lipinski definition) is 3. The molecule has 0 fully saturated rings. The van der Waals surface area contributed by atoms with Crippen molar-refractivity contribution in [1.82, 2.24) is 19.1 Å². The highest BCUT2D eigenvalue weighted by Gasteiger charge is 2.22. The largest absolute Gasteiger partial charge is 0.298 e. The Morgan fingerprint density at radius 1 is 1.00 bits per heavy atom. The molecule has 0 bridgehead atoms. The van der Waals surface area contributed by atoms with Crippen LogP contribution >= 0.6 is 34.8 Å². The molecule has 0 radical (unpaired) electrons. The average molecular weight is 382 g/mol. The number of nitrogens with zero attached hydrogens (tertiary/aromatic N) is 5. The molecule has 0 aliphatic heterocycles. The molecule has 0 saturated carbocycles. The van der Waals surface area contributed by atoms with Crippen LogP contribution in [0.15, 0.2) is 24.3 Å². The minimum absolute atomic E-state index is 0.0796. The third kappa shape index (κ3) is 2.62. The van der Waals surface area contributed by atoms with Crippen LogP contribution in [0.4, 0.5) is 5.69 Å². The van der Waals surface area contributed by atoms with E-state index in [0.29, 0.717) is 16.0 Å². The molecule has 5 nitrogen and oxygen atoms in total. The van der Waals surface area contributed by atoms with Crippen molar-refractivity contribution in [1.29, 1.82) is 5.26 Å². The Bertz CT molecular complexity index is 978. The molecule has 3 rings (SSSR count). The standard InChI is InChI=1S/C16H13Cl3N5/c1-24(2,3)10-6-4-9(5-7-10)15-21-22-16-13(18)12(17)11(8-20)14(19)23(15)16/h4-7H,1-3H3/q+1. The van der Waals surface area contributed by atoms with E-state index in [1.165, 1.54) is 4.40 Å². The van der Waals surface area contributed by atoms with Gasteiger partial charge in [-0.3, -0.25) is 8.88 Å². The fourth-order valence-corrected chi connectivity index (χ4v) is 3.14. The average Bonchev–Trinajstić information content (AvgIpc) is 2.98. The molecule has 3 aromatic rings. The second-order valence-electron chi connectivity index (χ2n) is 6.15. The predicted molar refractivity (Wildman–Crippen MR) is 97.7 cm³/mol. The zero-order valence-electron chi connectivity index (χ0n) is 13.2. The van der Waals surface area contributed by atoms with Gasteiger partial charge in [0, 0.05) is 5.56 Å². The summed E-state index contributed by atoms with van der Waals surface area (Å²) in [4.78, 5) is 0. The van der Waals surface area contributed by atoms with Crippen molar-refractivity contribution in [2.24, 2.45) is 0 Å². The number of hydrogen-bond donors (Lipinski definition) is 0. The van der Waals surface area contributed by atoms with Gasteiger partial charge in [-0.05, 0) is 24.3 Å². The molecule has 1 aromatic carbocycles. The van der Waals surface area contributed by atoms with Crippen LogP contribution in [0.25, 0.3) is 17.0 Å². The number of halogens is 3. The van der Waals surface area contributed by atoms with Gasteiger partial charge in [-0.15, -0.1) is 10.2 Å². The molecule has 0 unspecified atom stereocenters. The lowest BCUT2D eigenvalue weighted by molar-refractivity contribution is 0.486. The van der Waals surface area contributed by atoms with Crippen LogP contribution in [0.5, 0.6) is 0 Å². The Morgan fingerprint density at radius 2 is 1.62 bits per heavy atom. The van der Waals surface area contributed by atoms with Crippen LogP contribution < -0.4 is 4.48 Å². The van der Waals surface area contributed by atoms with Crippen molar-refractivity contribution in [3.63, 3.8) is 0 Å². The fraction of sp³-hybridized carbons (Fsp3) is 0.188. The number of pyridine rings is 1. The van der Waals surface area contributed by atoms with Gasteiger partial charge in [-0.1, -0.05) is 34.8 Å². The number of rotatable bonds is 2. The van der Waals surface area contributed by atoms with Gasteiger partial charge in [-0.25, -0.2) is 0 Å². The van der Waals surface area contributed by atoms with E-state index in [2.05, 4.69) is 31.3 Å². The van der Waals surface area contributed by atoms with Crippen molar-refractivity contribution < 1.29 is 0 Å². The molecule has 122 valence electrons. The summed E-state index contributed by atoms with van der Waals surface area (Å²) >= 11 is 18.6. The first-order valence-corrected chi connectivity index (χ1v) is 8.13. The third-order valence-electron chi connectivity index (χ3n) is 3.69. The Morgan fingerprint density at radius 3 is 2.17 bits per heavy atom. The lowest BCUT2D eigenvalue weighted by Crippen LogP contribution is -2.34. The van der Waals surface area contributed by atoms with Crippen LogP contribution in [0.2, 0.25) is 15.2 Å². The van der Waals surface area contributed by atoms with Crippen LogP contribution in [-0.2, 0) is 0 Å². The minimum atomic E-state index is 0.0796. The first kappa shape index (κ1) is 17.0. The maximum Gasteiger partial charge on any atom is 0.182 e. The molecule has 0 spiro atoms. The molecule has 24 heavy (non-hydrogen) atoms. The molecule has 8 heteroatoms. The van der Waals surface area contributed by atoms with E-state index in [0.717, 1.165) is 11.3 Å². The van der Waals surface area contributed by atoms with Gasteiger partial charge in [0.05, 0.1) is 26.2 Å². The van der Waals surface area contributed by atoms with Crippen molar-refractivity contribution in [3.8, 4) is 17.5 Å². The quantitative estimate of drug-likeness (QED) is 0.487. The highest BCUT2D eigenvalue weighted by Crippen LogP contribution is 2.36. The Hall–Kier alpha value is -1.84. The highest BCUT2D eigenvalue weighted by atomic mass is 35.5. The van der Waals surface area contributed by atoms with Crippen LogP contribution in [0.1, 0.15) is 5.56 Å². The van der Waals surface area contributed by atoms with Gasteiger partial charge in [0.2, 0.25) is 0 Å². The fourth-order valence-electron chi connectivity index (χ4n) is 2.36. The Kier molecular flexibility index (Phi) is 4.18. The lowest BCUT2D eigenvalue weighted by atomic mass is 10.1. The monoisotopic (exact) mass is 380 g/mol. The van der Waals surface area contributed by atoms with E-state index in [1.54, 1.807) is 0 Å². The summed E-state index contributed by atoms with van der Waals surface area (Å²) in [5, 5.41) is 17.9. The summed E-state index contributed by atoms with van der Waals surface area (Å²) in [6.07, 6.45) is 0.